The maximum atomic E-state index is 12.8. The normalized spacial score (nSPS) is 12.0. The Morgan fingerprint density at radius 2 is 0.532 bits per heavy atom. The van der Waals surface area contributed by atoms with E-state index in [0.717, 1.165) is 63.7 Å². The predicted molar refractivity (Wildman–Crippen MR) is 266 cm³/mol. The molecule has 0 aliphatic heterocycles. The number of ether oxygens (including phenoxy) is 3. The summed E-state index contributed by atoms with van der Waals surface area (Å²) < 4.78 is 16.8. The van der Waals surface area contributed by atoms with Gasteiger partial charge in [-0.15, -0.1) is 0 Å². The van der Waals surface area contributed by atoms with Crippen molar-refractivity contribution in [2.24, 2.45) is 5.92 Å². The number of carbonyl (C=O) groups is 3. The molecule has 62 heavy (non-hydrogen) atoms. The van der Waals surface area contributed by atoms with Crippen molar-refractivity contribution in [3.63, 3.8) is 0 Å². The molecule has 0 radical (unpaired) electrons. The van der Waals surface area contributed by atoms with Crippen LogP contribution in [0.5, 0.6) is 0 Å². The van der Waals surface area contributed by atoms with Gasteiger partial charge in [-0.1, -0.05) is 278 Å². The van der Waals surface area contributed by atoms with Crippen molar-refractivity contribution in [1.82, 2.24) is 0 Å². The summed E-state index contributed by atoms with van der Waals surface area (Å²) in [5.74, 6) is -0.0137. The molecule has 0 aliphatic carbocycles. The maximum absolute atomic E-state index is 12.8. The van der Waals surface area contributed by atoms with E-state index in [0.29, 0.717) is 19.3 Å². The lowest BCUT2D eigenvalue weighted by Crippen LogP contribution is -2.30. The number of rotatable bonds is 51. The molecule has 0 amide bonds. The van der Waals surface area contributed by atoms with Gasteiger partial charge in [-0.3, -0.25) is 14.4 Å². The van der Waals surface area contributed by atoms with Gasteiger partial charge in [-0.25, -0.2) is 0 Å². The summed E-state index contributed by atoms with van der Waals surface area (Å²) >= 11 is 0. The van der Waals surface area contributed by atoms with Gasteiger partial charge in [-0.2, -0.15) is 0 Å². The van der Waals surface area contributed by atoms with Crippen molar-refractivity contribution < 1.29 is 28.6 Å². The smallest absolute Gasteiger partial charge is 0.306 e. The number of unbranched alkanes of at least 4 members (excludes halogenated alkanes) is 38. The zero-order chi connectivity index (χ0) is 45.2. The van der Waals surface area contributed by atoms with Crippen LogP contribution in [0.3, 0.4) is 0 Å². The van der Waals surface area contributed by atoms with E-state index in [9.17, 15) is 14.4 Å². The van der Waals surface area contributed by atoms with Gasteiger partial charge in [0.25, 0.3) is 0 Å². The molecule has 0 aromatic carbocycles. The lowest BCUT2D eigenvalue weighted by atomic mass is 10.0. The molecule has 0 saturated heterocycles. The zero-order valence-electron chi connectivity index (χ0n) is 42.3. The van der Waals surface area contributed by atoms with Crippen molar-refractivity contribution >= 4 is 17.9 Å². The summed E-state index contributed by atoms with van der Waals surface area (Å²) in [5, 5.41) is 0. The van der Waals surface area contributed by atoms with Crippen LogP contribution in [0, 0.1) is 5.92 Å². The van der Waals surface area contributed by atoms with Crippen LogP contribution in [-0.4, -0.2) is 37.2 Å². The topological polar surface area (TPSA) is 78.9 Å². The maximum Gasteiger partial charge on any atom is 0.306 e. The molecule has 0 saturated carbocycles. The molecule has 0 spiro atoms. The molecule has 0 aromatic heterocycles. The Balaban J connectivity index is 4.23. The summed E-state index contributed by atoms with van der Waals surface area (Å²) in [6.45, 7) is 9.03. The molecule has 0 aliphatic rings. The van der Waals surface area contributed by atoms with Gasteiger partial charge in [0, 0.05) is 19.3 Å². The summed E-state index contributed by atoms with van der Waals surface area (Å²) in [4.78, 5) is 38.0. The molecule has 368 valence electrons. The van der Waals surface area contributed by atoms with Gasteiger partial charge in [0.15, 0.2) is 6.10 Å². The molecule has 0 N–H and O–H groups in total. The Hall–Kier alpha value is -1.59. The average Bonchev–Trinajstić information content (AvgIpc) is 3.26. The first-order chi connectivity index (χ1) is 30.4. The standard InChI is InChI=1S/C56H108O6/c1-5-7-9-11-13-15-17-18-19-20-21-22-23-24-28-31-35-39-43-47-54(57)60-50-53(62-56(59)49-45-41-37-33-26-16-14-12-10-8-6-2)51-61-55(58)48-44-40-36-32-29-25-27-30-34-38-42-46-52(3)4/h52-53H,5-51H2,1-4H3/t53-/m1/s1. The highest BCUT2D eigenvalue weighted by atomic mass is 16.6. The molecule has 0 rings (SSSR count). The van der Waals surface area contributed by atoms with Crippen LogP contribution >= 0.6 is 0 Å². The summed E-state index contributed by atoms with van der Waals surface area (Å²) in [7, 11) is 0. The van der Waals surface area contributed by atoms with Crippen LogP contribution in [-0.2, 0) is 28.6 Å². The van der Waals surface area contributed by atoms with E-state index < -0.39 is 6.10 Å². The quantitative estimate of drug-likeness (QED) is 0.0344. The lowest BCUT2D eigenvalue weighted by molar-refractivity contribution is -0.167. The highest BCUT2D eigenvalue weighted by Crippen LogP contribution is 2.18. The third kappa shape index (κ3) is 49.4. The number of esters is 3. The first-order valence-corrected chi connectivity index (χ1v) is 27.9. The van der Waals surface area contributed by atoms with Crippen molar-refractivity contribution in [2.45, 2.75) is 323 Å². The van der Waals surface area contributed by atoms with Crippen LogP contribution in [0.1, 0.15) is 317 Å². The first kappa shape index (κ1) is 60.4. The molecule has 0 fully saturated rings. The van der Waals surface area contributed by atoms with Crippen molar-refractivity contribution in [1.29, 1.82) is 0 Å². The molecule has 0 heterocycles. The van der Waals surface area contributed by atoms with Gasteiger partial charge in [0.1, 0.15) is 13.2 Å². The van der Waals surface area contributed by atoms with Crippen LogP contribution in [0.4, 0.5) is 0 Å². The molecular formula is C56H108O6. The van der Waals surface area contributed by atoms with E-state index in [-0.39, 0.29) is 31.1 Å². The van der Waals surface area contributed by atoms with Gasteiger partial charge >= 0.3 is 17.9 Å². The third-order valence-electron chi connectivity index (χ3n) is 12.8. The van der Waals surface area contributed by atoms with Gasteiger partial charge in [0.05, 0.1) is 0 Å². The predicted octanol–water partition coefficient (Wildman–Crippen LogP) is 18.2. The van der Waals surface area contributed by atoms with Crippen LogP contribution in [0.15, 0.2) is 0 Å². The SMILES string of the molecule is CCCCCCCCCCCCCCCCCCCCCC(=O)OC[C@H](COC(=O)CCCCCCCCCCCCCC(C)C)OC(=O)CCCCCCCCCCCCC. The second-order valence-electron chi connectivity index (χ2n) is 19.7. The summed E-state index contributed by atoms with van der Waals surface area (Å²) in [6.07, 6.45) is 53.8. The fraction of sp³-hybridized carbons (Fsp3) is 0.946. The third-order valence-corrected chi connectivity index (χ3v) is 12.8. The van der Waals surface area contributed by atoms with E-state index >= 15 is 0 Å². The molecule has 6 nitrogen and oxygen atoms in total. The van der Waals surface area contributed by atoms with Crippen LogP contribution in [0.25, 0.3) is 0 Å². The molecule has 0 unspecified atom stereocenters. The number of hydrogen-bond donors (Lipinski definition) is 0. The number of hydrogen-bond acceptors (Lipinski definition) is 6. The van der Waals surface area contributed by atoms with E-state index in [1.165, 1.54) is 212 Å². The van der Waals surface area contributed by atoms with Gasteiger partial charge < -0.3 is 14.2 Å². The van der Waals surface area contributed by atoms with Crippen LogP contribution in [0.2, 0.25) is 0 Å². The second kappa shape index (κ2) is 50.4. The van der Waals surface area contributed by atoms with Gasteiger partial charge in [0.2, 0.25) is 0 Å². The van der Waals surface area contributed by atoms with Crippen molar-refractivity contribution in [3.05, 3.63) is 0 Å². The Morgan fingerprint density at radius 3 is 0.790 bits per heavy atom. The Labute approximate surface area is 387 Å². The summed E-state index contributed by atoms with van der Waals surface area (Å²) in [5.41, 5.74) is 0. The molecule has 0 aromatic rings. The van der Waals surface area contributed by atoms with Crippen LogP contribution < -0.4 is 0 Å². The minimum Gasteiger partial charge on any atom is -0.462 e. The summed E-state index contributed by atoms with van der Waals surface area (Å²) in [6, 6.07) is 0. The van der Waals surface area contributed by atoms with E-state index in [2.05, 4.69) is 27.7 Å². The molecule has 1 atom stereocenters. The fourth-order valence-electron chi connectivity index (χ4n) is 8.57. The number of carbonyl (C=O) groups excluding carboxylic acids is 3. The Kier molecular flexibility index (Phi) is 49.1. The fourth-order valence-corrected chi connectivity index (χ4v) is 8.57. The highest BCUT2D eigenvalue weighted by molar-refractivity contribution is 5.71. The Bertz CT molecular complexity index is 933. The first-order valence-electron chi connectivity index (χ1n) is 27.9. The van der Waals surface area contributed by atoms with Crippen molar-refractivity contribution in [2.75, 3.05) is 13.2 Å². The lowest BCUT2D eigenvalue weighted by Gasteiger charge is -2.18. The highest BCUT2D eigenvalue weighted by Gasteiger charge is 2.19. The minimum atomic E-state index is -0.761. The van der Waals surface area contributed by atoms with E-state index in [1.807, 2.05) is 0 Å². The monoisotopic (exact) mass is 877 g/mol. The average molecular weight is 877 g/mol. The van der Waals surface area contributed by atoms with E-state index in [1.54, 1.807) is 0 Å². The Morgan fingerprint density at radius 1 is 0.306 bits per heavy atom. The molecule has 0 bridgehead atoms. The van der Waals surface area contributed by atoms with E-state index in [4.69, 9.17) is 14.2 Å². The van der Waals surface area contributed by atoms with Crippen molar-refractivity contribution in [3.8, 4) is 0 Å². The van der Waals surface area contributed by atoms with Gasteiger partial charge in [-0.05, 0) is 25.2 Å². The second-order valence-corrected chi connectivity index (χ2v) is 19.7. The zero-order valence-corrected chi connectivity index (χ0v) is 42.3. The largest absolute Gasteiger partial charge is 0.462 e. The molecule has 6 heteroatoms. The molecular weight excluding hydrogens is 769 g/mol. The minimum absolute atomic E-state index is 0.0623.